The van der Waals surface area contributed by atoms with Gasteiger partial charge in [0.05, 0.1) is 0 Å². The summed E-state index contributed by atoms with van der Waals surface area (Å²) in [7, 11) is 0. The summed E-state index contributed by atoms with van der Waals surface area (Å²) in [6.07, 6.45) is 2.18. The molecular formula is C16H22N2O3. The third-order valence-electron chi connectivity index (χ3n) is 4.02. The summed E-state index contributed by atoms with van der Waals surface area (Å²) in [6, 6.07) is 8.13. The van der Waals surface area contributed by atoms with E-state index in [9.17, 15) is 14.7 Å². The highest BCUT2D eigenvalue weighted by Crippen LogP contribution is 2.28. The van der Waals surface area contributed by atoms with Crippen LogP contribution in [0, 0.1) is 0 Å². The van der Waals surface area contributed by atoms with Crippen LogP contribution in [0.4, 0.5) is 4.79 Å². The van der Waals surface area contributed by atoms with E-state index in [0.29, 0.717) is 6.54 Å². The molecule has 0 spiro atoms. The van der Waals surface area contributed by atoms with Crippen LogP contribution in [-0.4, -0.2) is 40.1 Å². The molecule has 21 heavy (non-hydrogen) atoms. The van der Waals surface area contributed by atoms with Gasteiger partial charge in [0.15, 0.2) is 0 Å². The van der Waals surface area contributed by atoms with Crippen molar-refractivity contribution in [3.63, 3.8) is 0 Å². The van der Waals surface area contributed by atoms with Gasteiger partial charge >= 0.3 is 12.0 Å². The molecule has 5 heteroatoms. The smallest absolute Gasteiger partial charge is 0.326 e. The average molecular weight is 290 g/mol. The van der Waals surface area contributed by atoms with Crippen LogP contribution in [0.3, 0.4) is 0 Å². The summed E-state index contributed by atoms with van der Waals surface area (Å²) in [5.41, 5.74) is 0.686. The second kappa shape index (κ2) is 6.16. The molecule has 2 rings (SSSR count). The lowest BCUT2D eigenvalue weighted by atomic mass is 10.0. The molecule has 1 aromatic rings. The van der Waals surface area contributed by atoms with Crippen LogP contribution in [0.25, 0.3) is 0 Å². The van der Waals surface area contributed by atoms with Gasteiger partial charge in [-0.05, 0) is 32.3 Å². The molecule has 1 aliphatic heterocycles. The number of nitrogens with one attached hydrogen (secondary N) is 1. The van der Waals surface area contributed by atoms with Gasteiger partial charge in [-0.1, -0.05) is 30.3 Å². The first-order valence-electron chi connectivity index (χ1n) is 7.25. The standard InChI is InChI=1S/C16H22N2O3/c1-16(2)9-6-10-18(16)15(21)17-13(14(19)20)11-12-7-4-3-5-8-12/h3-5,7-8,13H,6,9-11H2,1-2H3,(H,17,21)(H,19,20)/t13-/m1/s1. The molecule has 114 valence electrons. The van der Waals surface area contributed by atoms with Crippen molar-refractivity contribution < 1.29 is 14.7 Å². The topological polar surface area (TPSA) is 69.6 Å². The minimum absolute atomic E-state index is 0.208. The molecule has 0 radical (unpaired) electrons. The summed E-state index contributed by atoms with van der Waals surface area (Å²) in [6.45, 7) is 4.69. The lowest BCUT2D eigenvalue weighted by Gasteiger charge is -2.32. The van der Waals surface area contributed by atoms with Crippen LogP contribution in [-0.2, 0) is 11.2 Å². The van der Waals surface area contributed by atoms with Gasteiger partial charge in [-0.25, -0.2) is 9.59 Å². The Kier molecular flexibility index (Phi) is 4.50. The number of carboxylic acid groups (broad SMARTS) is 1. The number of benzene rings is 1. The van der Waals surface area contributed by atoms with E-state index in [4.69, 9.17) is 0 Å². The van der Waals surface area contributed by atoms with E-state index in [2.05, 4.69) is 5.32 Å². The van der Waals surface area contributed by atoms with Gasteiger partial charge in [-0.3, -0.25) is 0 Å². The van der Waals surface area contributed by atoms with Crippen molar-refractivity contribution in [1.29, 1.82) is 0 Å². The van der Waals surface area contributed by atoms with Gasteiger partial charge in [-0.2, -0.15) is 0 Å². The van der Waals surface area contributed by atoms with E-state index in [0.717, 1.165) is 18.4 Å². The van der Waals surface area contributed by atoms with Crippen molar-refractivity contribution >= 4 is 12.0 Å². The summed E-state index contributed by atoms with van der Waals surface area (Å²) >= 11 is 0. The van der Waals surface area contributed by atoms with Crippen LogP contribution < -0.4 is 5.32 Å². The fourth-order valence-corrected chi connectivity index (χ4v) is 2.76. The van der Waals surface area contributed by atoms with Gasteiger partial charge in [-0.15, -0.1) is 0 Å². The van der Waals surface area contributed by atoms with Gasteiger partial charge in [0.25, 0.3) is 0 Å². The first-order valence-corrected chi connectivity index (χ1v) is 7.25. The molecule has 0 aliphatic carbocycles. The minimum Gasteiger partial charge on any atom is -0.480 e. The molecule has 1 saturated heterocycles. The number of likely N-dealkylation sites (tertiary alicyclic amines) is 1. The van der Waals surface area contributed by atoms with Gasteiger partial charge in [0, 0.05) is 18.5 Å². The molecule has 1 atom stereocenters. The molecule has 1 aromatic carbocycles. The van der Waals surface area contributed by atoms with Crippen LogP contribution in [0.15, 0.2) is 30.3 Å². The molecular weight excluding hydrogens is 268 g/mol. The van der Waals surface area contributed by atoms with Crippen molar-refractivity contribution in [2.24, 2.45) is 0 Å². The molecule has 0 unspecified atom stereocenters. The van der Waals surface area contributed by atoms with Crippen LogP contribution in [0.5, 0.6) is 0 Å². The Balaban J connectivity index is 2.03. The molecule has 2 amide bonds. The minimum atomic E-state index is -1.01. The third kappa shape index (κ3) is 3.74. The first kappa shape index (κ1) is 15.4. The predicted molar refractivity (Wildman–Crippen MR) is 80.1 cm³/mol. The molecule has 5 nitrogen and oxygen atoms in total. The summed E-state index contributed by atoms with van der Waals surface area (Å²) in [4.78, 5) is 25.4. The van der Waals surface area contributed by atoms with Crippen molar-refractivity contribution in [2.45, 2.75) is 44.7 Å². The molecule has 0 bridgehead atoms. The fourth-order valence-electron chi connectivity index (χ4n) is 2.76. The molecule has 0 saturated carbocycles. The van der Waals surface area contributed by atoms with Gasteiger partial charge in [0.1, 0.15) is 6.04 Å². The summed E-state index contributed by atoms with van der Waals surface area (Å²) in [5, 5.41) is 12.0. The zero-order valence-corrected chi connectivity index (χ0v) is 12.5. The Morgan fingerprint density at radius 3 is 2.52 bits per heavy atom. The Morgan fingerprint density at radius 1 is 1.33 bits per heavy atom. The zero-order chi connectivity index (χ0) is 15.5. The normalized spacial score (nSPS) is 18.3. The SMILES string of the molecule is CC1(C)CCCN1C(=O)N[C@H](Cc1ccccc1)C(=O)O. The number of carboxylic acids is 1. The van der Waals surface area contributed by atoms with E-state index in [1.807, 2.05) is 44.2 Å². The highest BCUT2D eigenvalue weighted by atomic mass is 16.4. The van der Waals surface area contributed by atoms with Crippen LogP contribution in [0.2, 0.25) is 0 Å². The van der Waals surface area contributed by atoms with Gasteiger partial charge in [0.2, 0.25) is 0 Å². The van der Waals surface area contributed by atoms with Crippen molar-refractivity contribution in [3.8, 4) is 0 Å². The van der Waals surface area contributed by atoms with E-state index >= 15 is 0 Å². The Labute approximate surface area is 125 Å². The Hall–Kier alpha value is -2.04. The number of hydrogen-bond acceptors (Lipinski definition) is 2. The number of hydrogen-bond donors (Lipinski definition) is 2. The maximum Gasteiger partial charge on any atom is 0.326 e. The number of nitrogens with zero attached hydrogens (tertiary/aromatic N) is 1. The monoisotopic (exact) mass is 290 g/mol. The zero-order valence-electron chi connectivity index (χ0n) is 12.5. The quantitative estimate of drug-likeness (QED) is 0.893. The third-order valence-corrected chi connectivity index (χ3v) is 4.02. The first-order chi connectivity index (χ1) is 9.90. The molecule has 0 aromatic heterocycles. The van der Waals surface area contributed by atoms with E-state index in [1.165, 1.54) is 0 Å². The number of amides is 2. The second-order valence-electron chi connectivity index (χ2n) is 6.10. The van der Waals surface area contributed by atoms with Gasteiger partial charge < -0.3 is 15.3 Å². The Morgan fingerprint density at radius 2 is 2.00 bits per heavy atom. The van der Waals surface area contributed by atoms with Crippen molar-refractivity contribution in [1.82, 2.24) is 10.2 Å². The summed E-state index contributed by atoms with van der Waals surface area (Å²) in [5.74, 6) is -1.01. The largest absolute Gasteiger partial charge is 0.480 e. The molecule has 2 N–H and O–H groups in total. The highest BCUT2D eigenvalue weighted by molar-refractivity contribution is 5.83. The molecule has 1 heterocycles. The van der Waals surface area contributed by atoms with E-state index in [-0.39, 0.29) is 18.0 Å². The molecule has 1 fully saturated rings. The van der Waals surface area contributed by atoms with Crippen LogP contribution in [0.1, 0.15) is 32.3 Å². The average Bonchev–Trinajstić information content (AvgIpc) is 2.78. The van der Waals surface area contributed by atoms with Crippen molar-refractivity contribution in [2.75, 3.05) is 6.54 Å². The Bertz CT molecular complexity index is 514. The van der Waals surface area contributed by atoms with Crippen molar-refractivity contribution in [3.05, 3.63) is 35.9 Å². The number of carbonyl (C=O) groups excluding carboxylic acids is 1. The molecule has 1 aliphatic rings. The maximum absolute atomic E-state index is 12.3. The van der Waals surface area contributed by atoms with Crippen LogP contribution >= 0.6 is 0 Å². The van der Waals surface area contributed by atoms with E-state index < -0.39 is 12.0 Å². The number of urea groups is 1. The lowest BCUT2D eigenvalue weighted by Crippen LogP contribution is -2.53. The number of carbonyl (C=O) groups is 2. The van der Waals surface area contributed by atoms with E-state index in [1.54, 1.807) is 4.90 Å². The number of aliphatic carboxylic acids is 1. The number of rotatable bonds is 4. The lowest BCUT2D eigenvalue weighted by molar-refractivity contribution is -0.139. The second-order valence-corrected chi connectivity index (χ2v) is 6.10. The summed E-state index contributed by atoms with van der Waals surface area (Å²) < 4.78 is 0. The highest BCUT2D eigenvalue weighted by Gasteiger charge is 2.36. The predicted octanol–water partition coefficient (Wildman–Crippen LogP) is 2.27. The maximum atomic E-state index is 12.3. The fraction of sp³-hybridized carbons (Fsp3) is 0.500.